The summed E-state index contributed by atoms with van der Waals surface area (Å²) in [5, 5.41) is 8.98. The molecule has 35 heavy (non-hydrogen) atoms. The van der Waals surface area contributed by atoms with Gasteiger partial charge in [0.25, 0.3) is 6.47 Å². The lowest BCUT2D eigenvalue weighted by Crippen LogP contribution is -2.19. The Hall–Kier alpha value is -2.54. The summed E-state index contributed by atoms with van der Waals surface area (Å²) < 4.78 is 19.9. The van der Waals surface area contributed by atoms with Crippen molar-refractivity contribution in [3.8, 4) is 5.75 Å². The minimum Gasteiger partial charge on any atom is -0.485 e. The molecule has 1 N–H and O–H groups in total. The molecule has 0 spiro atoms. The van der Waals surface area contributed by atoms with Crippen molar-refractivity contribution in [2.45, 2.75) is 68.2 Å². The third kappa shape index (κ3) is 19.5. The molecule has 0 radical (unpaired) electrons. The number of hydrogen-bond donors (Lipinski definition) is 1. The number of unbranched alkanes of at least 4 members (excludes halogenated alkanes) is 1. The maximum atomic E-state index is 14.2. The van der Waals surface area contributed by atoms with Gasteiger partial charge < -0.3 is 14.7 Å². The van der Waals surface area contributed by atoms with Crippen molar-refractivity contribution in [3.05, 3.63) is 58.1 Å². The molecule has 0 saturated carbocycles. The molecule has 200 valence electrons. The number of anilines is 1. The number of halogens is 1. The van der Waals surface area contributed by atoms with Crippen LogP contribution in [0, 0.1) is 18.7 Å². The minimum absolute atomic E-state index is 0.250. The molecule has 5 nitrogen and oxygen atoms in total. The van der Waals surface area contributed by atoms with Crippen LogP contribution in [0.3, 0.4) is 0 Å². The van der Waals surface area contributed by atoms with Crippen LogP contribution in [0.15, 0.2) is 46.8 Å². The van der Waals surface area contributed by atoms with E-state index in [2.05, 4.69) is 51.2 Å². The number of carbonyl (C=O) groups excluding carboxylic acids is 1. The highest BCUT2D eigenvalue weighted by Crippen LogP contribution is 2.29. The zero-order valence-corrected chi connectivity index (χ0v) is 23.9. The number of nitrogens with zero attached hydrogens (tertiary/aromatic N) is 1. The lowest BCUT2D eigenvalue weighted by Gasteiger charge is -2.22. The van der Waals surface area contributed by atoms with E-state index in [-0.39, 0.29) is 18.0 Å². The van der Waals surface area contributed by atoms with Crippen molar-refractivity contribution in [3.63, 3.8) is 0 Å². The molecular weight excluding hydrogens is 465 g/mol. The molecule has 1 aromatic carbocycles. The van der Waals surface area contributed by atoms with E-state index < -0.39 is 0 Å². The van der Waals surface area contributed by atoms with Crippen LogP contribution in [-0.4, -0.2) is 38.1 Å². The lowest BCUT2D eigenvalue weighted by atomic mass is 10.1. The molecule has 1 rings (SSSR count). The summed E-state index contributed by atoms with van der Waals surface area (Å²) >= 11 is 1.55. The molecule has 0 unspecified atom stereocenters. The molecule has 0 bridgehead atoms. The van der Waals surface area contributed by atoms with Crippen molar-refractivity contribution in [2.75, 3.05) is 25.1 Å². The van der Waals surface area contributed by atoms with Gasteiger partial charge >= 0.3 is 0 Å². The highest BCUT2D eigenvalue weighted by atomic mass is 32.2. The summed E-state index contributed by atoms with van der Waals surface area (Å²) in [5.74, 6) is 0.476. The van der Waals surface area contributed by atoms with Crippen LogP contribution < -0.4 is 9.64 Å². The van der Waals surface area contributed by atoms with Gasteiger partial charge in [0.1, 0.15) is 12.9 Å². The number of aldehydes is 1. The monoisotopic (exact) mass is 511 g/mol. The van der Waals surface area contributed by atoms with E-state index in [1.807, 2.05) is 27.8 Å². The molecule has 0 amide bonds. The highest BCUT2D eigenvalue weighted by Gasteiger charge is 2.12. The van der Waals surface area contributed by atoms with Gasteiger partial charge in [-0.3, -0.25) is 9.59 Å². The van der Waals surface area contributed by atoms with Crippen molar-refractivity contribution in [1.82, 2.24) is 0 Å². The van der Waals surface area contributed by atoms with Crippen molar-refractivity contribution >= 4 is 30.2 Å². The van der Waals surface area contributed by atoms with Crippen LogP contribution >= 0.6 is 11.8 Å². The third-order valence-corrected chi connectivity index (χ3v) is 5.36. The fourth-order valence-electron chi connectivity index (χ4n) is 2.18. The molecule has 0 atom stereocenters. The Morgan fingerprint density at radius 3 is 2.17 bits per heavy atom. The zero-order chi connectivity index (χ0) is 28.0. The fourth-order valence-corrected chi connectivity index (χ4v) is 2.94. The number of thioether (sulfide) groups is 1. The fraction of sp³-hybridized carbons (Fsp3) is 0.500. The van der Waals surface area contributed by atoms with Gasteiger partial charge in [-0.15, -0.1) is 0 Å². The van der Waals surface area contributed by atoms with Gasteiger partial charge in [-0.05, 0) is 55.7 Å². The van der Waals surface area contributed by atoms with E-state index in [0.29, 0.717) is 18.1 Å². The third-order valence-electron chi connectivity index (χ3n) is 4.42. The molecule has 0 aromatic heterocycles. The van der Waals surface area contributed by atoms with Gasteiger partial charge in [-0.2, -0.15) is 0 Å². The lowest BCUT2D eigenvalue weighted by molar-refractivity contribution is -0.122. The number of rotatable bonds is 11. The smallest absolute Gasteiger partial charge is 0.290 e. The Labute approximate surface area is 217 Å². The summed E-state index contributed by atoms with van der Waals surface area (Å²) in [6, 6.07) is 3.35. The van der Waals surface area contributed by atoms with Crippen LogP contribution in [0.5, 0.6) is 5.75 Å². The molecule has 0 aliphatic carbocycles. The Morgan fingerprint density at radius 1 is 1.23 bits per heavy atom. The van der Waals surface area contributed by atoms with Crippen LogP contribution in [-0.2, 0) is 9.59 Å². The Morgan fingerprint density at radius 2 is 1.74 bits per heavy atom. The van der Waals surface area contributed by atoms with Gasteiger partial charge in [0, 0.05) is 30.3 Å². The molecule has 0 aliphatic rings. The number of benzene rings is 1. The molecule has 0 fully saturated rings. The summed E-state index contributed by atoms with van der Waals surface area (Å²) in [6.07, 6.45) is 2.97. The molecule has 1 aromatic rings. The molecule has 7 heteroatoms. The van der Waals surface area contributed by atoms with Gasteiger partial charge in [0.15, 0.2) is 11.6 Å². The second-order valence-corrected chi connectivity index (χ2v) is 8.92. The number of carbonyl (C=O) groups is 2. The topological polar surface area (TPSA) is 66.8 Å². The van der Waals surface area contributed by atoms with Gasteiger partial charge in [0.05, 0.1) is 0 Å². The average molecular weight is 512 g/mol. The first-order chi connectivity index (χ1) is 16.4. The number of ether oxygens (including phenoxy) is 1. The maximum absolute atomic E-state index is 14.2. The van der Waals surface area contributed by atoms with E-state index in [9.17, 15) is 9.18 Å². The quantitative estimate of drug-likeness (QED) is 0.239. The summed E-state index contributed by atoms with van der Waals surface area (Å²) in [6.45, 7) is 24.5. The Balaban J connectivity index is -0.000000872. The van der Waals surface area contributed by atoms with Crippen molar-refractivity contribution in [1.29, 1.82) is 0 Å². The summed E-state index contributed by atoms with van der Waals surface area (Å²) in [7, 11) is 2.04. The minimum atomic E-state index is -0.322. The van der Waals surface area contributed by atoms with E-state index >= 15 is 0 Å². The number of aryl methyl sites for hydroxylation is 1. The maximum Gasteiger partial charge on any atom is 0.290 e. The van der Waals surface area contributed by atoms with E-state index in [1.165, 1.54) is 5.57 Å². The number of allylic oxidation sites excluding steroid dienone is 2. The predicted molar refractivity (Wildman–Crippen MR) is 151 cm³/mol. The highest BCUT2D eigenvalue weighted by molar-refractivity contribution is 8.05. The molecule has 0 aliphatic heterocycles. The number of hydrogen-bond acceptors (Lipinski definition) is 5. The van der Waals surface area contributed by atoms with Crippen molar-refractivity contribution < 1.29 is 23.8 Å². The predicted octanol–water partition coefficient (Wildman–Crippen LogP) is 8.04. The Kier molecular flexibility index (Phi) is 24.6. The first kappa shape index (κ1) is 37.0. The number of carboxylic acid groups (broad SMARTS) is 1. The van der Waals surface area contributed by atoms with Gasteiger partial charge in [-0.25, -0.2) is 4.39 Å². The van der Waals surface area contributed by atoms with E-state index in [0.717, 1.165) is 41.8 Å². The largest absolute Gasteiger partial charge is 0.485 e. The van der Waals surface area contributed by atoms with Crippen LogP contribution in [0.2, 0.25) is 0 Å². The SMILES string of the molecule is C=C(C)C=O.C=C(COc1cc(N(C)CCCC)c(C)cc1F)S/C=C(\C)C(C)C.CC.O=CO. The average Bonchev–Trinajstić information content (AvgIpc) is 2.82. The van der Waals surface area contributed by atoms with Crippen LogP contribution in [0.1, 0.15) is 66.9 Å². The first-order valence-corrected chi connectivity index (χ1v) is 12.7. The van der Waals surface area contributed by atoms with Gasteiger partial charge in [-0.1, -0.05) is 71.5 Å². The second kappa shape index (κ2) is 23.2. The normalized spacial score (nSPS) is 9.86. The van der Waals surface area contributed by atoms with E-state index in [4.69, 9.17) is 14.6 Å². The zero-order valence-electron chi connectivity index (χ0n) is 23.1. The molecule has 0 saturated heterocycles. The second-order valence-electron chi connectivity index (χ2n) is 7.88. The molecular formula is C28H46FNO4S. The standard InChI is InChI=1S/C21H32FNOS.C4H6O.C2H6.CH2O2/c1-8-9-10-23(7)20-12-21(19(22)11-16(20)4)24-13-18(6)25-14-17(5)15(2)3;1-4(2)3-5;1-2;2-1-3/h11-12,14-15H,6,8-10,13H2,1-5,7H3;3H,1H2,2H3;1-2H3;1H,(H,2,3)/b17-14+;;;. The van der Waals surface area contributed by atoms with Crippen LogP contribution in [0.4, 0.5) is 10.1 Å². The van der Waals surface area contributed by atoms with E-state index in [1.54, 1.807) is 30.8 Å². The molecule has 0 heterocycles. The van der Waals surface area contributed by atoms with Crippen molar-refractivity contribution in [2.24, 2.45) is 5.92 Å². The van der Waals surface area contributed by atoms with Gasteiger partial charge in [0.2, 0.25) is 0 Å². The summed E-state index contributed by atoms with van der Waals surface area (Å²) in [5.41, 5.74) is 3.81. The first-order valence-electron chi connectivity index (χ1n) is 11.8. The Bertz CT molecular complexity index is 791. The summed E-state index contributed by atoms with van der Waals surface area (Å²) in [4.78, 5) is 20.8. The van der Waals surface area contributed by atoms with Crippen LogP contribution in [0.25, 0.3) is 0 Å².